The lowest BCUT2D eigenvalue weighted by molar-refractivity contribution is -0.153. The van der Waals surface area contributed by atoms with Crippen LogP contribution < -0.4 is 5.32 Å². The highest BCUT2D eigenvalue weighted by Crippen LogP contribution is 2.31. The molecule has 0 radical (unpaired) electrons. The van der Waals surface area contributed by atoms with Gasteiger partial charge in [0.2, 0.25) is 5.91 Å². The minimum Gasteiger partial charge on any atom is -0.481 e. The van der Waals surface area contributed by atoms with Crippen molar-refractivity contribution in [2.75, 3.05) is 6.54 Å². The van der Waals surface area contributed by atoms with Crippen LogP contribution in [-0.2, 0) is 9.59 Å². The van der Waals surface area contributed by atoms with Crippen molar-refractivity contribution in [2.45, 2.75) is 53.9 Å². The highest BCUT2D eigenvalue weighted by Gasteiger charge is 2.38. The van der Waals surface area contributed by atoms with Crippen LogP contribution in [0.2, 0.25) is 0 Å². The maximum absolute atomic E-state index is 11.7. The van der Waals surface area contributed by atoms with Gasteiger partial charge in [-0.1, -0.05) is 27.7 Å². The van der Waals surface area contributed by atoms with Gasteiger partial charge in [-0.15, -0.1) is 0 Å². The minimum atomic E-state index is -0.984. The van der Waals surface area contributed by atoms with Crippen LogP contribution in [0.5, 0.6) is 0 Å². The first-order valence-corrected chi connectivity index (χ1v) is 6.70. The molecule has 0 aliphatic heterocycles. The summed E-state index contributed by atoms with van der Waals surface area (Å²) in [5, 5.41) is 12.0. The molecule has 1 amide bonds. The van der Waals surface area contributed by atoms with Crippen molar-refractivity contribution in [1.29, 1.82) is 0 Å². The minimum absolute atomic E-state index is 0.0433. The number of rotatable bonds is 8. The summed E-state index contributed by atoms with van der Waals surface area (Å²) in [6.07, 6.45) is 2.05. The number of carboxylic acids is 1. The number of hydrogen-bond donors (Lipinski definition) is 2. The van der Waals surface area contributed by atoms with Crippen molar-refractivity contribution >= 4 is 11.9 Å². The highest BCUT2D eigenvalue weighted by atomic mass is 16.4. The van der Waals surface area contributed by atoms with Crippen molar-refractivity contribution in [3.63, 3.8) is 0 Å². The third-order valence-corrected chi connectivity index (χ3v) is 3.57. The van der Waals surface area contributed by atoms with E-state index in [2.05, 4.69) is 19.2 Å². The number of carbonyl (C=O) groups is 2. The molecule has 0 saturated heterocycles. The van der Waals surface area contributed by atoms with Crippen LogP contribution in [-0.4, -0.2) is 23.5 Å². The van der Waals surface area contributed by atoms with Crippen molar-refractivity contribution in [2.24, 2.45) is 17.3 Å². The lowest BCUT2D eigenvalue weighted by Gasteiger charge is -2.28. The molecule has 4 nitrogen and oxygen atoms in total. The van der Waals surface area contributed by atoms with Crippen molar-refractivity contribution in [3.8, 4) is 0 Å². The van der Waals surface area contributed by atoms with Gasteiger partial charge in [0.15, 0.2) is 0 Å². The van der Waals surface area contributed by atoms with E-state index in [4.69, 9.17) is 0 Å². The molecule has 2 N–H and O–H groups in total. The molecule has 0 aliphatic carbocycles. The number of carbonyl (C=O) groups excluding carboxylic acids is 1. The van der Waals surface area contributed by atoms with Crippen LogP contribution >= 0.6 is 0 Å². The third kappa shape index (κ3) is 5.52. The topological polar surface area (TPSA) is 66.4 Å². The normalized spacial score (nSPS) is 14.6. The molecule has 0 aromatic rings. The Morgan fingerprint density at radius 3 is 2.17 bits per heavy atom. The third-order valence-electron chi connectivity index (χ3n) is 3.57. The Bertz CT molecular complexity index is 287. The fourth-order valence-corrected chi connectivity index (χ4v) is 1.66. The quantitative estimate of drug-likeness (QED) is 0.657. The zero-order valence-electron chi connectivity index (χ0n) is 12.2. The van der Waals surface area contributed by atoms with Crippen molar-refractivity contribution in [1.82, 2.24) is 5.32 Å². The Morgan fingerprint density at radius 1 is 1.22 bits per heavy atom. The van der Waals surface area contributed by atoms with E-state index in [0.29, 0.717) is 12.5 Å². The standard InChI is InChI=1S/C14H27NO3/c1-10(2)7-6-8-15-12(16)9-14(5,11(3)4)13(17)18/h10-11H,6-9H2,1-5H3,(H,15,16)(H,17,18). The molecule has 0 aromatic heterocycles. The van der Waals surface area contributed by atoms with Gasteiger partial charge in [-0.2, -0.15) is 0 Å². The summed E-state index contributed by atoms with van der Waals surface area (Å²) in [5.74, 6) is -0.523. The Balaban J connectivity index is 4.17. The Hall–Kier alpha value is -1.06. The summed E-state index contributed by atoms with van der Waals surface area (Å²) >= 11 is 0. The van der Waals surface area contributed by atoms with Crippen LogP contribution in [0, 0.1) is 17.3 Å². The zero-order chi connectivity index (χ0) is 14.3. The monoisotopic (exact) mass is 257 g/mol. The number of nitrogens with one attached hydrogen (secondary N) is 1. The molecule has 18 heavy (non-hydrogen) atoms. The lowest BCUT2D eigenvalue weighted by Crippen LogP contribution is -2.39. The summed E-state index contributed by atoms with van der Waals surface area (Å²) in [5.41, 5.74) is -0.984. The first-order chi connectivity index (χ1) is 8.20. The number of hydrogen-bond acceptors (Lipinski definition) is 2. The van der Waals surface area contributed by atoms with Gasteiger partial charge in [0.05, 0.1) is 5.41 Å². The molecule has 106 valence electrons. The van der Waals surface area contributed by atoms with Gasteiger partial charge in [0.1, 0.15) is 0 Å². The molecule has 0 rings (SSSR count). The summed E-state index contributed by atoms with van der Waals surface area (Å²) in [4.78, 5) is 23.0. The largest absolute Gasteiger partial charge is 0.481 e. The molecular formula is C14H27NO3. The van der Waals surface area contributed by atoms with Crippen LogP contribution in [0.15, 0.2) is 0 Å². The second-order valence-electron chi connectivity index (χ2n) is 5.94. The van der Waals surface area contributed by atoms with Crippen LogP contribution in [0.1, 0.15) is 53.9 Å². The molecule has 1 atom stereocenters. The van der Waals surface area contributed by atoms with Gasteiger partial charge in [0, 0.05) is 13.0 Å². The number of aliphatic carboxylic acids is 1. The van der Waals surface area contributed by atoms with Crippen molar-refractivity contribution in [3.05, 3.63) is 0 Å². The van der Waals surface area contributed by atoms with E-state index in [-0.39, 0.29) is 18.2 Å². The molecule has 0 aromatic carbocycles. The summed E-state index contributed by atoms with van der Waals surface area (Å²) < 4.78 is 0. The first kappa shape index (κ1) is 16.9. The van der Waals surface area contributed by atoms with Crippen molar-refractivity contribution < 1.29 is 14.7 Å². The molecule has 0 aliphatic rings. The van der Waals surface area contributed by atoms with E-state index in [0.717, 1.165) is 12.8 Å². The first-order valence-electron chi connectivity index (χ1n) is 6.70. The second kappa shape index (κ2) is 7.39. The summed E-state index contributed by atoms with van der Waals surface area (Å²) in [7, 11) is 0. The number of carboxylic acid groups (broad SMARTS) is 1. The second-order valence-corrected chi connectivity index (χ2v) is 5.94. The van der Waals surface area contributed by atoms with Gasteiger partial charge in [-0.3, -0.25) is 9.59 Å². The Labute approximate surface area is 110 Å². The molecule has 0 fully saturated rings. The van der Waals surface area contributed by atoms with E-state index in [1.165, 1.54) is 0 Å². The molecule has 0 spiro atoms. The van der Waals surface area contributed by atoms with Gasteiger partial charge < -0.3 is 10.4 Å². The average molecular weight is 257 g/mol. The predicted octanol–water partition coefficient (Wildman–Crippen LogP) is 2.68. The van der Waals surface area contributed by atoms with E-state index >= 15 is 0 Å². The van der Waals surface area contributed by atoms with Crippen LogP contribution in [0.25, 0.3) is 0 Å². The van der Waals surface area contributed by atoms with E-state index in [1.807, 2.05) is 13.8 Å². The molecule has 0 saturated carbocycles. The number of amides is 1. The Morgan fingerprint density at radius 2 is 1.78 bits per heavy atom. The Kier molecular flexibility index (Phi) is 6.96. The summed E-state index contributed by atoms with van der Waals surface area (Å²) in [6.45, 7) is 10.2. The van der Waals surface area contributed by atoms with Gasteiger partial charge >= 0.3 is 5.97 Å². The lowest BCUT2D eigenvalue weighted by atomic mass is 9.76. The molecule has 0 bridgehead atoms. The predicted molar refractivity (Wildman–Crippen MR) is 72.3 cm³/mol. The van der Waals surface area contributed by atoms with Crippen LogP contribution in [0.3, 0.4) is 0 Å². The zero-order valence-corrected chi connectivity index (χ0v) is 12.2. The summed E-state index contributed by atoms with van der Waals surface area (Å²) in [6, 6.07) is 0. The SMILES string of the molecule is CC(C)CCCNC(=O)CC(C)(C(=O)O)C(C)C. The smallest absolute Gasteiger partial charge is 0.310 e. The highest BCUT2D eigenvalue weighted by molar-refractivity contribution is 5.84. The van der Waals surface area contributed by atoms with E-state index < -0.39 is 11.4 Å². The molecular weight excluding hydrogens is 230 g/mol. The van der Waals surface area contributed by atoms with Gasteiger partial charge in [0.25, 0.3) is 0 Å². The molecule has 4 heteroatoms. The van der Waals surface area contributed by atoms with Crippen LogP contribution in [0.4, 0.5) is 0 Å². The molecule has 1 unspecified atom stereocenters. The van der Waals surface area contributed by atoms with Gasteiger partial charge in [-0.25, -0.2) is 0 Å². The fraction of sp³-hybridized carbons (Fsp3) is 0.857. The average Bonchev–Trinajstić information content (AvgIpc) is 2.23. The van der Waals surface area contributed by atoms with E-state index in [9.17, 15) is 14.7 Å². The maximum atomic E-state index is 11.7. The maximum Gasteiger partial charge on any atom is 0.310 e. The fourth-order valence-electron chi connectivity index (χ4n) is 1.66. The molecule has 0 heterocycles. The van der Waals surface area contributed by atoms with E-state index in [1.54, 1.807) is 6.92 Å². The van der Waals surface area contributed by atoms with Gasteiger partial charge in [-0.05, 0) is 31.6 Å².